The highest BCUT2D eigenvalue weighted by molar-refractivity contribution is 5.87. The first-order valence-electron chi connectivity index (χ1n) is 9.46. The minimum atomic E-state index is -1.01. The first-order valence-corrected chi connectivity index (χ1v) is 9.46. The number of aromatic carboxylic acids is 1. The molecule has 2 aromatic rings. The maximum absolute atomic E-state index is 13.9. The van der Waals surface area contributed by atoms with Crippen LogP contribution in [0.4, 0.5) is 10.2 Å². The lowest BCUT2D eigenvalue weighted by Crippen LogP contribution is -2.37. The van der Waals surface area contributed by atoms with Gasteiger partial charge in [0, 0.05) is 44.8 Å². The number of anilines is 1. The van der Waals surface area contributed by atoms with Crippen molar-refractivity contribution in [1.29, 1.82) is 0 Å². The number of rotatable bonds is 5. The van der Waals surface area contributed by atoms with Crippen molar-refractivity contribution in [1.82, 2.24) is 9.88 Å². The van der Waals surface area contributed by atoms with Crippen LogP contribution < -0.4 is 4.90 Å². The third-order valence-corrected chi connectivity index (χ3v) is 5.76. The monoisotopic (exact) mass is 399 g/mol. The number of benzene rings is 1. The smallest absolute Gasteiger partial charge is 0.337 e. The number of aromatic nitrogens is 1. The molecule has 1 aromatic heterocycles. The van der Waals surface area contributed by atoms with E-state index in [4.69, 9.17) is 9.84 Å². The molecule has 3 heterocycles. The number of carboxylic acid groups (broad SMARTS) is 1. The molecule has 152 valence electrons. The lowest BCUT2D eigenvalue weighted by Gasteiger charge is -2.30. The number of carbonyl (C=O) groups excluding carboxylic acids is 1. The van der Waals surface area contributed by atoms with Gasteiger partial charge in [0.15, 0.2) is 0 Å². The molecule has 2 saturated heterocycles. The molecule has 1 N–H and O–H groups in total. The standard InChI is InChI=1S/C21H22FN3O4/c1-29-12-19(26)25-10-15-9-24(18-6-5-14(8-23-18)21(27)28)11-17(15)20(25)13-3-2-4-16(22)7-13/h2-8,15,17,20H,9-12H2,1H3,(H,27,28)/t15-,17-,20+/m1/s1. The van der Waals surface area contributed by atoms with E-state index < -0.39 is 5.97 Å². The van der Waals surface area contributed by atoms with Gasteiger partial charge in [-0.15, -0.1) is 0 Å². The highest BCUT2D eigenvalue weighted by Crippen LogP contribution is 2.45. The van der Waals surface area contributed by atoms with E-state index in [-0.39, 0.29) is 41.8 Å². The number of pyridine rings is 1. The Morgan fingerprint density at radius 3 is 2.72 bits per heavy atom. The third-order valence-electron chi connectivity index (χ3n) is 5.76. The first kappa shape index (κ1) is 19.3. The van der Waals surface area contributed by atoms with E-state index in [9.17, 15) is 14.0 Å². The van der Waals surface area contributed by atoms with Crippen LogP contribution in [-0.4, -0.2) is 60.2 Å². The van der Waals surface area contributed by atoms with Crippen molar-refractivity contribution >= 4 is 17.7 Å². The van der Waals surface area contributed by atoms with Crippen LogP contribution in [0, 0.1) is 17.7 Å². The molecule has 0 radical (unpaired) electrons. The van der Waals surface area contributed by atoms with Gasteiger partial charge in [0.1, 0.15) is 18.2 Å². The number of carboxylic acids is 1. The van der Waals surface area contributed by atoms with Gasteiger partial charge in [-0.25, -0.2) is 14.2 Å². The van der Waals surface area contributed by atoms with Gasteiger partial charge in [-0.2, -0.15) is 0 Å². The SMILES string of the molecule is COCC(=O)N1C[C@H]2CN(c3ccc(C(=O)O)cn3)C[C@H]2[C@@H]1c1cccc(F)c1. The minimum absolute atomic E-state index is 0.00677. The van der Waals surface area contributed by atoms with Gasteiger partial charge in [0.05, 0.1) is 11.6 Å². The van der Waals surface area contributed by atoms with Crippen LogP contribution in [0.3, 0.4) is 0 Å². The highest BCUT2D eigenvalue weighted by Gasteiger charge is 2.49. The van der Waals surface area contributed by atoms with Crippen LogP contribution in [0.15, 0.2) is 42.6 Å². The van der Waals surface area contributed by atoms with E-state index in [1.165, 1.54) is 31.5 Å². The van der Waals surface area contributed by atoms with Crippen molar-refractivity contribution in [2.24, 2.45) is 11.8 Å². The summed E-state index contributed by atoms with van der Waals surface area (Å²) in [6.45, 7) is 1.92. The zero-order chi connectivity index (χ0) is 20.5. The molecule has 0 bridgehead atoms. The predicted molar refractivity (Wildman–Crippen MR) is 103 cm³/mol. The van der Waals surface area contributed by atoms with E-state index in [1.54, 1.807) is 17.0 Å². The summed E-state index contributed by atoms with van der Waals surface area (Å²) in [5.74, 6) is -0.404. The van der Waals surface area contributed by atoms with Crippen LogP contribution in [-0.2, 0) is 9.53 Å². The van der Waals surface area contributed by atoms with Gasteiger partial charge in [-0.05, 0) is 29.8 Å². The number of fused-ring (bicyclic) bond motifs is 1. The van der Waals surface area contributed by atoms with Crippen LogP contribution in [0.1, 0.15) is 22.0 Å². The fraction of sp³-hybridized carbons (Fsp3) is 0.381. The van der Waals surface area contributed by atoms with Gasteiger partial charge >= 0.3 is 5.97 Å². The molecule has 4 rings (SSSR count). The van der Waals surface area contributed by atoms with Gasteiger partial charge in [-0.3, -0.25) is 4.79 Å². The Balaban J connectivity index is 1.60. The lowest BCUT2D eigenvalue weighted by atomic mass is 9.89. The Bertz CT molecular complexity index is 920. The largest absolute Gasteiger partial charge is 0.478 e. The van der Waals surface area contributed by atoms with Crippen LogP contribution >= 0.6 is 0 Å². The molecular formula is C21H22FN3O4. The molecule has 1 amide bonds. The zero-order valence-corrected chi connectivity index (χ0v) is 16.0. The number of amides is 1. The maximum Gasteiger partial charge on any atom is 0.337 e. The van der Waals surface area contributed by atoms with Crippen molar-refractivity contribution < 1.29 is 23.8 Å². The Morgan fingerprint density at radius 2 is 2.07 bits per heavy atom. The number of nitrogens with zero attached hydrogens (tertiary/aromatic N) is 3. The molecule has 0 unspecified atom stereocenters. The second-order valence-corrected chi connectivity index (χ2v) is 7.52. The van der Waals surface area contributed by atoms with E-state index >= 15 is 0 Å². The molecule has 0 spiro atoms. The second kappa shape index (κ2) is 7.79. The van der Waals surface area contributed by atoms with Gasteiger partial charge in [0.2, 0.25) is 5.91 Å². The summed E-state index contributed by atoms with van der Waals surface area (Å²) in [4.78, 5) is 31.9. The topological polar surface area (TPSA) is 83.0 Å². The maximum atomic E-state index is 13.9. The Morgan fingerprint density at radius 1 is 1.24 bits per heavy atom. The quantitative estimate of drug-likeness (QED) is 0.830. The van der Waals surface area contributed by atoms with Gasteiger partial charge in [0.25, 0.3) is 0 Å². The number of likely N-dealkylation sites (tertiary alicyclic amines) is 1. The average molecular weight is 399 g/mol. The van der Waals surface area contributed by atoms with E-state index in [0.29, 0.717) is 25.5 Å². The van der Waals surface area contributed by atoms with E-state index in [2.05, 4.69) is 9.88 Å². The summed E-state index contributed by atoms with van der Waals surface area (Å²) in [6, 6.07) is 9.41. The molecule has 2 fully saturated rings. The third kappa shape index (κ3) is 3.67. The Kier molecular flexibility index (Phi) is 5.19. The molecule has 2 aliphatic rings. The van der Waals surface area contributed by atoms with Gasteiger partial charge in [-0.1, -0.05) is 12.1 Å². The Labute approximate surface area is 167 Å². The molecule has 8 heteroatoms. The van der Waals surface area contributed by atoms with Crippen LogP contribution in [0.5, 0.6) is 0 Å². The molecule has 0 saturated carbocycles. The summed E-state index contributed by atoms with van der Waals surface area (Å²) in [7, 11) is 1.49. The summed E-state index contributed by atoms with van der Waals surface area (Å²) < 4.78 is 18.9. The van der Waals surface area contributed by atoms with Crippen LogP contribution in [0.25, 0.3) is 0 Å². The first-order chi connectivity index (χ1) is 14.0. The number of hydrogen-bond acceptors (Lipinski definition) is 5. The highest BCUT2D eigenvalue weighted by atomic mass is 19.1. The summed E-state index contributed by atoms with van der Waals surface area (Å²) in [5.41, 5.74) is 0.917. The number of carbonyl (C=O) groups is 2. The van der Waals surface area contributed by atoms with Gasteiger partial charge < -0.3 is 19.6 Å². The predicted octanol–water partition coefficient (Wildman–Crippen LogP) is 2.20. The van der Waals surface area contributed by atoms with Crippen molar-refractivity contribution in [3.63, 3.8) is 0 Å². The molecule has 2 aliphatic heterocycles. The van der Waals surface area contributed by atoms with Crippen molar-refractivity contribution in [3.8, 4) is 0 Å². The number of hydrogen-bond donors (Lipinski definition) is 1. The Hall–Kier alpha value is -3.00. The van der Waals surface area contributed by atoms with E-state index in [0.717, 1.165) is 5.56 Å². The molecule has 3 atom stereocenters. The summed E-state index contributed by atoms with van der Waals surface area (Å²) >= 11 is 0. The lowest BCUT2D eigenvalue weighted by molar-refractivity contribution is -0.136. The number of methoxy groups -OCH3 is 1. The van der Waals surface area contributed by atoms with Crippen molar-refractivity contribution in [2.75, 3.05) is 38.3 Å². The fourth-order valence-electron chi connectivity index (χ4n) is 4.51. The summed E-state index contributed by atoms with van der Waals surface area (Å²) in [5, 5.41) is 9.05. The van der Waals surface area contributed by atoms with Crippen molar-refractivity contribution in [3.05, 3.63) is 59.5 Å². The number of ether oxygens (including phenoxy) is 1. The van der Waals surface area contributed by atoms with Crippen LogP contribution in [0.2, 0.25) is 0 Å². The molecule has 29 heavy (non-hydrogen) atoms. The normalized spacial score (nSPS) is 23.3. The average Bonchev–Trinajstić information content (AvgIpc) is 3.26. The zero-order valence-electron chi connectivity index (χ0n) is 16.0. The molecular weight excluding hydrogens is 377 g/mol. The van der Waals surface area contributed by atoms with E-state index in [1.807, 2.05) is 6.07 Å². The molecule has 1 aromatic carbocycles. The van der Waals surface area contributed by atoms with Crippen molar-refractivity contribution in [2.45, 2.75) is 6.04 Å². The minimum Gasteiger partial charge on any atom is -0.478 e. The number of halogens is 1. The molecule has 7 nitrogen and oxygen atoms in total. The second-order valence-electron chi connectivity index (χ2n) is 7.52. The fourth-order valence-corrected chi connectivity index (χ4v) is 4.51. The molecule has 0 aliphatic carbocycles. The summed E-state index contributed by atoms with van der Waals surface area (Å²) in [6.07, 6.45) is 1.35.